The Hall–Kier alpha value is -1.02. The summed E-state index contributed by atoms with van der Waals surface area (Å²) in [5.74, 6) is 0. The molecule has 0 aromatic heterocycles. The highest BCUT2D eigenvalue weighted by Crippen LogP contribution is 2.24. The molecular formula is C14H22N2. The molecule has 0 spiro atoms. The molecule has 16 heavy (non-hydrogen) atoms. The third-order valence-corrected chi connectivity index (χ3v) is 3.20. The van der Waals surface area contributed by atoms with Gasteiger partial charge in [-0.15, -0.1) is 0 Å². The van der Waals surface area contributed by atoms with Gasteiger partial charge in [0.25, 0.3) is 0 Å². The summed E-state index contributed by atoms with van der Waals surface area (Å²) < 4.78 is 0. The van der Waals surface area contributed by atoms with Crippen LogP contribution in [0.1, 0.15) is 32.3 Å². The Morgan fingerprint density at radius 1 is 1.12 bits per heavy atom. The van der Waals surface area contributed by atoms with E-state index >= 15 is 0 Å². The van der Waals surface area contributed by atoms with Crippen molar-refractivity contribution >= 4 is 5.69 Å². The van der Waals surface area contributed by atoms with Crippen LogP contribution < -0.4 is 5.32 Å². The molecule has 2 nitrogen and oxygen atoms in total. The van der Waals surface area contributed by atoms with Crippen molar-refractivity contribution < 1.29 is 0 Å². The van der Waals surface area contributed by atoms with Crippen molar-refractivity contribution in [3.63, 3.8) is 0 Å². The van der Waals surface area contributed by atoms with Crippen molar-refractivity contribution in [1.82, 2.24) is 4.90 Å². The largest absolute Gasteiger partial charge is 0.382 e. The van der Waals surface area contributed by atoms with E-state index in [-0.39, 0.29) is 0 Å². The highest BCUT2D eigenvalue weighted by atomic mass is 15.1. The molecule has 1 N–H and O–H groups in total. The average Bonchev–Trinajstić information content (AvgIpc) is 3.12. The van der Waals surface area contributed by atoms with Gasteiger partial charge in [-0.2, -0.15) is 0 Å². The molecule has 0 radical (unpaired) electrons. The summed E-state index contributed by atoms with van der Waals surface area (Å²) in [6, 6.07) is 9.63. The molecule has 1 aromatic carbocycles. The van der Waals surface area contributed by atoms with Crippen molar-refractivity contribution in [1.29, 1.82) is 0 Å². The molecule has 0 atom stereocenters. The highest BCUT2D eigenvalue weighted by molar-refractivity contribution is 5.46. The first-order valence-electron chi connectivity index (χ1n) is 6.39. The van der Waals surface area contributed by atoms with Crippen molar-refractivity contribution in [2.75, 3.05) is 18.4 Å². The van der Waals surface area contributed by atoms with Gasteiger partial charge in [0, 0.05) is 18.3 Å². The molecule has 1 fully saturated rings. The van der Waals surface area contributed by atoms with Crippen LogP contribution in [0.15, 0.2) is 24.3 Å². The van der Waals surface area contributed by atoms with Crippen LogP contribution in [0.3, 0.4) is 0 Å². The summed E-state index contributed by atoms with van der Waals surface area (Å²) in [5, 5.41) is 3.51. The van der Waals surface area contributed by atoms with E-state index in [2.05, 4.69) is 48.3 Å². The molecule has 0 saturated heterocycles. The molecule has 1 saturated carbocycles. The Labute approximate surface area is 98.7 Å². The molecule has 0 aliphatic heterocycles. The summed E-state index contributed by atoms with van der Waals surface area (Å²) in [6.07, 6.45) is 2.67. The van der Waals surface area contributed by atoms with Gasteiger partial charge in [0.1, 0.15) is 0 Å². The molecule has 0 heterocycles. The molecule has 1 aromatic rings. The zero-order chi connectivity index (χ0) is 11.4. The first-order valence-corrected chi connectivity index (χ1v) is 6.39. The Morgan fingerprint density at radius 2 is 1.75 bits per heavy atom. The lowest BCUT2D eigenvalue weighted by atomic mass is 10.2. The van der Waals surface area contributed by atoms with Gasteiger partial charge < -0.3 is 5.32 Å². The minimum absolute atomic E-state index is 0.744. The van der Waals surface area contributed by atoms with E-state index in [9.17, 15) is 0 Å². The molecule has 88 valence electrons. The second-order valence-corrected chi connectivity index (χ2v) is 4.58. The maximum absolute atomic E-state index is 3.51. The normalized spacial score (nSPS) is 15.4. The Bertz CT molecular complexity index is 310. The monoisotopic (exact) mass is 218 g/mol. The number of anilines is 1. The van der Waals surface area contributed by atoms with Crippen LogP contribution in [0.2, 0.25) is 0 Å². The van der Waals surface area contributed by atoms with E-state index in [4.69, 9.17) is 0 Å². The molecule has 2 heteroatoms. The molecule has 0 bridgehead atoms. The quantitative estimate of drug-likeness (QED) is 0.789. The number of nitrogens with zero attached hydrogens (tertiary/aromatic N) is 1. The number of rotatable bonds is 6. The average molecular weight is 218 g/mol. The van der Waals surface area contributed by atoms with Crippen LogP contribution in [0, 0.1) is 0 Å². The number of hydrogen-bond donors (Lipinski definition) is 1. The molecule has 1 aliphatic carbocycles. The zero-order valence-electron chi connectivity index (χ0n) is 10.4. The summed E-state index contributed by atoms with van der Waals surface area (Å²) in [4.78, 5) is 2.43. The maximum atomic E-state index is 3.51. The highest BCUT2D eigenvalue weighted by Gasteiger charge is 2.20. The van der Waals surface area contributed by atoms with Crippen molar-refractivity contribution in [3.05, 3.63) is 29.8 Å². The standard InChI is InChI=1S/C14H22N2/c1-3-16(4-2)11-12-5-7-13(8-6-12)15-14-9-10-14/h5-8,14-15H,3-4,9-11H2,1-2H3. The summed E-state index contributed by atoms with van der Waals surface area (Å²) >= 11 is 0. The predicted molar refractivity (Wildman–Crippen MR) is 69.7 cm³/mol. The Morgan fingerprint density at radius 3 is 2.25 bits per heavy atom. The number of nitrogens with one attached hydrogen (secondary N) is 1. The van der Waals surface area contributed by atoms with E-state index in [1.54, 1.807) is 0 Å². The minimum atomic E-state index is 0.744. The van der Waals surface area contributed by atoms with Crippen LogP contribution in [0.25, 0.3) is 0 Å². The lowest BCUT2D eigenvalue weighted by Gasteiger charge is -2.18. The maximum Gasteiger partial charge on any atom is 0.0342 e. The van der Waals surface area contributed by atoms with Crippen LogP contribution in [0.4, 0.5) is 5.69 Å². The molecular weight excluding hydrogens is 196 g/mol. The lowest BCUT2D eigenvalue weighted by Crippen LogP contribution is -2.22. The third-order valence-electron chi connectivity index (χ3n) is 3.20. The third kappa shape index (κ3) is 3.24. The Kier molecular flexibility index (Phi) is 3.83. The number of hydrogen-bond acceptors (Lipinski definition) is 2. The van der Waals surface area contributed by atoms with Crippen LogP contribution in [-0.4, -0.2) is 24.0 Å². The summed E-state index contributed by atoms with van der Waals surface area (Å²) in [5.41, 5.74) is 2.68. The number of benzene rings is 1. The second-order valence-electron chi connectivity index (χ2n) is 4.58. The summed E-state index contributed by atoms with van der Waals surface area (Å²) in [7, 11) is 0. The fourth-order valence-electron chi connectivity index (χ4n) is 1.88. The molecule has 0 amide bonds. The smallest absolute Gasteiger partial charge is 0.0342 e. The molecule has 0 unspecified atom stereocenters. The van der Waals surface area contributed by atoms with Gasteiger partial charge in [0.15, 0.2) is 0 Å². The van der Waals surface area contributed by atoms with Crippen LogP contribution in [0.5, 0.6) is 0 Å². The van der Waals surface area contributed by atoms with Gasteiger partial charge in [0.2, 0.25) is 0 Å². The Balaban J connectivity index is 1.89. The second kappa shape index (κ2) is 5.35. The zero-order valence-corrected chi connectivity index (χ0v) is 10.4. The van der Waals surface area contributed by atoms with Crippen molar-refractivity contribution in [2.45, 2.75) is 39.3 Å². The SMILES string of the molecule is CCN(CC)Cc1ccc(NC2CC2)cc1. The van der Waals surface area contributed by atoms with Gasteiger partial charge in [-0.25, -0.2) is 0 Å². The summed E-state index contributed by atoms with van der Waals surface area (Å²) in [6.45, 7) is 7.74. The van der Waals surface area contributed by atoms with E-state index in [0.29, 0.717) is 0 Å². The fourth-order valence-corrected chi connectivity index (χ4v) is 1.88. The van der Waals surface area contributed by atoms with E-state index in [1.807, 2.05) is 0 Å². The van der Waals surface area contributed by atoms with Crippen LogP contribution in [-0.2, 0) is 6.54 Å². The van der Waals surface area contributed by atoms with Crippen molar-refractivity contribution in [2.24, 2.45) is 0 Å². The van der Waals surface area contributed by atoms with E-state index in [0.717, 1.165) is 25.7 Å². The fraction of sp³-hybridized carbons (Fsp3) is 0.571. The first kappa shape index (κ1) is 11.5. The lowest BCUT2D eigenvalue weighted by molar-refractivity contribution is 0.296. The molecule has 2 rings (SSSR count). The van der Waals surface area contributed by atoms with Gasteiger partial charge >= 0.3 is 0 Å². The van der Waals surface area contributed by atoms with Gasteiger partial charge in [-0.3, -0.25) is 4.90 Å². The van der Waals surface area contributed by atoms with Crippen molar-refractivity contribution in [3.8, 4) is 0 Å². The van der Waals surface area contributed by atoms with Crippen LogP contribution >= 0.6 is 0 Å². The minimum Gasteiger partial charge on any atom is -0.382 e. The van der Waals surface area contributed by atoms with E-state index in [1.165, 1.54) is 24.1 Å². The topological polar surface area (TPSA) is 15.3 Å². The molecule has 1 aliphatic rings. The van der Waals surface area contributed by atoms with Gasteiger partial charge in [0.05, 0.1) is 0 Å². The predicted octanol–water partition coefficient (Wildman–Crippen LogP) is 3.10. The van der Waals surface area contributed by atoms with E-state index < -0.39 is 0 Å². The van der Waals surface area contributed by atoms with Gasteiger partial charge in [-0.1, -0.05) is 26.0 Å². The van der Waals surface area contributed by atoms with Gasteiger partial charge in [-0.05, 0) is 43.6 Å². The first-order chi connectivity index (χ1) is 7.81.